The van der Waals surface area contributed by atoms with Crippen LogP contribution in [0.4, 0.5) is 5.69 Å². The number of amides is 3. The number of benzene rings is 3. The molecule has 0 radical (unpaired) electrons. The Morgan fingerprint density at radius 2 is 1.62 bits per heavy atom. The van der Waals surface area contributed by atoms with Crippen LogP contribution in [0.3, 0.4) is 0 Å². The first kappa shape index (κ1) is 26.9. The molecular weight excluding hydrogens is 494 g/mol. The zero-order chi connectivity index (χ0) is 28.1. The molecule has 198 valence electrons. The van der Waals surface area contributed by atoms with E-state index < -0.39 is 23.5 Å². The molecule has 1 atom stereocenters. The van der Waals surface area contributed by atoms with Gasteiger partial charge in [0.2, 0.25) is 0 Å². The van der Waals surface area contributed by atoms with Crippen LogP contribution in [0.25, 0.3) is 0 Å². The number of hydrogen-bond donors (Lipinski definition) is 3. The smallest absolute Gasteiger partial charge is 0.279 e. The highest BCUT2D eigenvalue weighted by molar-refractivity contribution is 6.20. The largest absolute Gasteiger partial charge is 0.505 e. The first-order valence-corrected chi connectivity index (χ1v) is 12.5. The number of aromatic hydroxyl groups is 1. The third kappa shape index (κ3) is 5.60. The number of anilines is 1. The Bertz CT molecular complexity index is 1480. The van der Waals surface area contributed by atoms with E-state index in [0.29, 0.717) is 6.42 Å². The van der Waals surface area contributed by atoms with Crippen LogP contribution in [0.5, 0.6) is 5.75 Å². The number of nitriles is 1. The fourth-order valence-electron chi connectivity index (χ4n) is 4.35. The second-order valence-electron chi connectivity index (χ2n) is 9.30. The van der Waals surface area contributed by atoms with Gasteiger partial charge in [-0.15, -0.1) is 0 Å². The molecule has 0 aliphatic carbocycles. The molecule has 3 amide bonds. The zero-order valence-electron chi connectivity index (χ0n) is 21.9. The lowest BCUT2D eigenvalue weighted by Crippen LogP contribution is -2.34. The summed E-state index contributed by atoms with van der Waals surface area (Å²) < 4.78 is 0. The summed E-state index contributed by atoms with van der Waals surface area (Å²) >= 11 is 0. The summed E-state index contributed by atoms with van der Waals surface area (Å²) in [6.07, 6.45) is 0.623. The van der Waals surface area contributed by atoms with E-state index in [1.807, 2.05) is 73.7 Å². The second kappa shape index (κ2) is 11.5. The third-order valence-electron chi connectivity index (χ3n) is 6.42. The highest BCUT2D eigenvalue weighted by atomic mass is 16.3. The van der Waals surface area contributed by atoms with Crippen molar-refractivity contribution in [3.63, 3.8) is 0 Å². The lowest BCUT2D eigenvalue weighted by molar-refractivity contribution is -0.138. The summed E-state index contributed by atoms with van der Waals surface area (Å²) in [7, 11) is 3.04. The summed E-state index contributed by atoms with van der Waals surface area (Å²) in [5, 5.41) is 26.6. The predicted octanol–water partition coefficient (Wildman–Crippen LogP) is 3.90. The maximum absolute atomic E-state index is 13.7. The molecule has 3 aromatic carbocycles. The Balaban J connectivity index is 1.79. The van der Waals surface area contributed by atoms with Crippen LogP contribution in [0.2, 0.25) is 0 Å². The monoisotopic (exact) mass is 523 g/mol. The van der Waals surface area contributed by atoms with Crippen molar-refractivity contribution in [3.05, 3.63) is 106 Å². The summed E-state index contributed by atoms with van der Waals surface area (Å²) in [6.45, 7) is 2.01. The molecule has 39 heavy (non-hydrogen) atoms. The normalized spacial score (nSPS) is 13.7. The van der Waals surface area contributed by atoms with E-state index in [2.05, 4.69) is 10.6 Å². The van der Waals surface area contributed by atoms with E-state index in [0.717, 1.165) is 16.0 Å². The lowest BCUT2D eigenvalue weighted by Gasteiger charge is -2.20. The van der Waals surface area contributed by atoms with Gasteiger partial charge in [-0.2, -0.15) is 5.26 Å². The number of phenolic OH excluding ortho intramolecular Hbond substituents is 1. The van der Waals surface area contributed by atoms with Gasteiger partial charge in [-0.1, -0.05) is 67.6 Å². The van der Waals surface area contributed by atoms with Crippen molar-refractivity contribution in [2.45, 2.75) is 25.9 Å². The van der Waals surface area contributed by atoms with Gasteiger partial charge in [-0.3, -0.25) is 19.3 Å². The molecule has 0 saturated carbocycles. The molecule has 9 heteroatoms. The molecule has 9 nitrogen and oxygen atoms in total. The van der Waals surface area contributed by atoms with Crippen LogP contribution >= 0.6 is 0 Å². The number of phenols is 1. The third-order valence-corrected chi connectivity index (χ3v) is 6.42. The Morgan fingerprint density at radius 3 is 2.21 bits per heavy atom. The van der Waals surface area contributed by atoms with Crippen molar-refractivity contribution in [1.82, 2.24) is 15.1 Å². The molecule has 0 bridgehead atoms. The molecule has 0 saturated heterocycles. The molecular formula is C30H29N5O4. The maximum atomic E-state index is 13.7. The predicted molar refractivity (Wildman–Crippen MR) is 146 cm³/mol. The van der Waals surface area contributed by atoms with Crippen molar-refractivity contribution >= 4 is 23.4 Å². The molecule has 1 heterocycles. The molecule has 3 N–H and O–H groups in total. The molecule has 0 unspecified atom stereocenters. The van der Waals surface area contributed by atoms with Gasteiger partial charge in [0.05, 0.1) is 35.5 Å². The average Bonchev–Trinajstić information content (AvgIpc) is 3.16. The summed E-state index contributed by atoms with van der Waals surface area (Å²) in [5.74, 6) is -2.08. The maximum Gasteiger partial charge on any atom is 0.279 e. The van der Waals surface area contributed by atoms with Crippen LogP contribution in [0.1, 0.15) is 46.4 Å². The van der Waals surface area contributed by atoms with Gasteiger partial charge in [0.25, 0.3) is 17.7 Å². The van der Waals surface area contributed by atoms with E-state index >= 15 is 0 Å². The molecule has 0 aromatic heterocycles. The van der Waals surface area contributed by atoms with E-state index in [9.17, 15) is 24.8 Å². The summed E-state index contributed by atoms with van der Waals surface area (Å²) in [6, 6.07) is 23.0. The van der Waals surface area contributed by atoms with Crippen molar-refractivity contribution in [3.8, 4) is 11.8 Å². The van der Waals surface area contributed by atoms with Gasteiger partial charge in [0, 0.05) is 14.1 Å². The Kier molecular flexibility index (Phi) is 7.96. The van der Waals surface area contributed by atoms with Crippen molar-refractivity contribution in [1.29, 1.82) is 5.26 Å². The number of carbonyl (C=O) groups excluding carboxylic acids is 3. The molecule has 1 aliphatic heterocycles. The highest BCUT2D eigenvalue weighted by Crippen LogP contribution is 2.34. The van der Waals surface area contributed by atoms with Crippen LogP contribution in [-0.2, 0) is 16.1 Å². The SMILES string of the molecule is CC[C@@H](NC1=C(Nc2cc(C#N)cc(C(=O)N(C)C)c2O)C(=O)N(Cc2ccccc2)C1=O)c1ccccc1. The van der Waals surface area contributed by atoms with Crippen molar-refractivity contribution < 1.29 is 19.5 Å². The Morgan fingerprint density at radius 1 is 1.00 bits per heavy atom. The molecule has 0 fully saturated rings. The van der Waals surface area contributed by atoms with Crippen LogP contribution in [0, 0.1) is 11.3 Å². The minimum atomic E-state index is -0.600. The number of carbonyl (C=O) groups is 3. The first-order chi connectivity index (χ1) is 18.7. The van der Waals surface area contributed by atoms with Crippen molar-refractivity contribution in [2.75, 3.05) is 19.4 Å². The van der Waals surface area contributed by atoms with Crippen LogP contribution in [0.15, 0.2) is 84.2 Å². The van der Waals surface area contributed by atoms with Gasteiger partial charge >= 0.3 is 0 Å². The number of imide groups is 1. The van der Waals surface area contributed by atoms with Gasteiger partial charge in [0.15, 0.2) is 5.75 Å². The first-order valence-electron chi connectivity index (χ1n) is 12.5. The molecule has 0 spiro atoms. The van der Waals surface area contributed by atoms with E-state index in [1.165, 1.54) is 31.1 Å². The van der Waals surface area contributed by atoms with E-state index in [1.54, 1.807) is 0 Å². The van der Waals surface area contributed by atoms with Crippen LogP contribution < -0.4 is 10.6 Å². The highest BCUT2D eigenvalue weighted by Gasteiger charge is 2.40. The minimum Gasteiger partial charge on any atom is -0.505 e. The number of rotatable bonds is 9. The Labute approximate surface area is 227 Å². The fourth-order valence-corrected chi connectivity index (χ4v) is 4.35. The van der Waals surface area contributed by atoms with Gasteiger partial charge in [-0.25, -0.2) is 0 Å². The molecule has 3 aromatic rings. The molecule has 4 rings (SSSR count). The topological polar surface area (TPSA) is 126 Å². The zero-order valence-corrected chi connectivity index (χ0v) is 21.9. The summed E-state index contributed by atoms with van der Waals surface area (Å²) in [5.41, 5.74) is 1.61. The number of hydrogen-bond acceptors (Lipinski definition) is 7. The van der Waals surface area contributed by atoms with Gasteiger partial charge < -0.3 is 20.6 Å². The second-order valence-corrected chi connectivity index (χ2v) is 9.30. The standard InChI is InChI=1S/C30H29N5O4/c1-4-23(21-13-9-6-10-14-21)32-25-26(30(39)35(29(25)38)18-19-11-7-5-8-12-19)33-24-16-20(17-31)15-22(27(24)36)28(37)34(2)3/h5-16,23,32-33,36H,4,18H2,1-3H3/t23-/m1/s1. The van der Waals surface area contributed by atoms with Gasteiger partial charge in [0.1, 0.15) is 11.4 Å². The van der Waals surface area contributed by atoms with Gasteiger partial charge in [-0.05, 0) is 29.7 Å². The van der Waals surface area contributed by atoms with E-state index in [-0.39, 0.29) is 40.8 Å². The van der Waals surface area contributed by atoms with Crippen molar-refractivity contribution in [2.24, 2.45) is 0 Å². The minimum absolute atomic E-state index is 0.0360. The van der Waals surface area contributed by atoms with Crippen LogP contribution in [-0.4, -0.2) is 46.7 Å². The number of nitrogens with one attached hydrogen (secondary N) is 2. The lowest BCUT2D eigenvalue weighted by atomic mass is 10.0. The average molecular weight is 524 g/mol. The number of nitrogens with zero attached hydrogens (tertiary/aromatic N) is 3. The Hall–Kier alpha value is -5.10. The fraction of sp³-hybridized carbons (Fsp3) is 0.200. The summed E-state index contributed by atoms with van der Waals surface area (Å²) in [4.78, 5) is 42.4. The van der Waals surface area contributed by atoms with E-state index in [4.69, 9.17) is 0 Å². The quantitative estimate of drug-likeness (QED) is 0.287. The molecule has 1 aliphatic rings.